The number of hydrogen-bond acceptors (Lipinski definition) is 4. The van der Waals surface area contributed by atoms with Gasteiger partial charge in [0.15, 0.2) is 0 Å². The molecule has 116 valence electrons. The molecule has 2 N–H and O–H groups in total. The first kappa shape index (κ1) is 17.2. The van der Waals surface area contributed by atoms with Crippen molar-refractivity contribution in [2.75, 3.05) is 7.05 Å². The Bertz CT molecular complexity index is 482. The van der Waals surface area contributed by atoms with Crippen molar-refractivity contribution >= 4 is 10.0 Å². The van der Waals surface area contributed by atoms with Gasteiger partial charge in [-0.25, -0.2) is 13.1 Å². The summed E-state index contributed by atoms with van der Waals surface area (Å²) in [7, 11) is -2.11. The topological polar surface area (TPSA) is 71.3 Å². The van der Waals surface area contributed by atoms with Gasteiger partial charge < -0.3 is 9.73 Å². The molecule has 0 saturated carbocycles. The van der Waals surface area contributed by atoms with Crippen molar-refractivity contribution in [3.63, 3.8) is 0 Å². The van der Waals surface area contributed by atoms with Gasteiger partial charge in [-0.3, -0.25) is 0 Å². The maximum Gasteiger partial charge on any atom is 0.273 e. The zero-order valence-electron chi connectivity index (χ0n) is 12.6. The van der Waals surface area contributed by atoms with Gasteiger partial charge in [0.1, 0.15) is 5.76 Å². The number of sulfonamides is 1. The number of hydrogen-bond donors (Lipinski definition) is 2. The van der Waals surface area contributed by atoms with Crippen LogP contribution in [0.25, 0.3) is 0 Å². The molecule has 0 aliphatic carbocycles. The van der Waals surface area contributed by atoms with E-state index in [1.54, 1.807) is 6.07 Å². The lowest BCUT2D eigenvalue weighted by molar-refractivity contribution is 0.384. The number of rotatable bonds is 10. The Morgan fingerprint density at radius 2 is 2.00 bits per heavy atom. The first-order chi connectivity index (χ1) is 9.49. The van der Waals surface area contributed by atoms with E-state index in [0.717, 1.165) is 6.42 Å². The van der Waals surface area contributed by atoms with E-state index >= 15 is 0 Å². The second kappa shape index (κ2) is 8.44. The summed E-state index contributed by atoms with van der Waals surface area (Å²) in [5, 5.41) is 3.31. The van der Waals surface area contributed by atoms with Gasteiger partial charge >= 0.3 is 0 Å². The van der Waals surface area contributed by atoms with Crippen molar-refractivity contribution in [1.29, 1.82) is 0 Å². The fourth-order valence-corrected chi connectivity index (χ4v) is 2.62. The molecule has 1 aromatic rings. The molecule has 20 heavy (non-hydrogen) atoms. The van der Waals surface area contributed by atoms with Crippen molar-refractivity contribution in [3.05, 3.63) is 17.9 Å². The zero-order chi connectivity index (χ0) is 15.0. The number of furan rings is 1. The monoisotopic (exact) mass is 302 g/mol. The quantitative estimate of drug-likeness (QED) is 0.652. The summed E-state index contributed by atoms with van der Waals surface area (Å²) in [5.74, 6) is 0.638. The lowest BCUT2D eigenvalue weighted by Gasteiger charge is -2.12. The third kappa shape index (κ3) is 5.64. The second-order valence-electron chi connectivity index (χ2n) is 5.06. The zero-order valence-corrected chi connectivity index (χ0v) is 13.4. The molecule has 0 saturated heterocycles. The van der Waals surface area contributed by atoms with Gasteiger partial charge in [0, 0.05) is 6.04 Å². The maximum atomic E-state index is 11.5. The van der Waals surface area contributed by atoms with Crippen LogP contribution in [0.5, 0.6) is 0 Å². The Morgan fingerprint density at radius 3 is 2.65 bits per heavy atom. The summed E-state index contributed by atoms with van der Waals surface area (Å²) in [6, 6.07) is 3.58. The molecule has 0 amide bonds. The van der Waals surface area contributed by atoms with Crippen LogP contribution in [-0.2, 0) is 16.6 Å². The fourth-order valence-electron chi connectivity index (χ4n) is 1.95. The Morgan fingerprint density at radius 1 is 1.25 bits per heavy atom. The average Bonchev–Trinajstić information content (AvgIpc) is 2.91. The molecule has 1 unspecified atom stereocenters. The second-order valence-corrected chi connectivity index (χ2v) is 6.88. The van der Waals surface area contributed by atoms with Crippen molar-refractivity contribution in [3.8, 4) is 0 Å². The van der Waals surface area contributed by atoms with Crippen LogP contribution in [0.3, 0.4) is 0 Å². The molecule has 0 spiro atoms. The Hall–Kier alpha value is -0.850. The molecule has 0 aliphatic rings. The van der Waals surface area contributed by atoms with Crippen LogP contribution in [0, 0.1) is 0 Å². The molecular weight excluding hydrogens is 276 g/mol. The minimum absolute atomic E-state index is 0.0348. The average molecular weight is 302 g/mol. The summed E-state index contributed by atoms with van der Waals surface area (Å²) in [4.78, 5) is 0. The first-order valence-electron chi connectivity index (χ1n) is 7.25. The smallest absolute Gasteiger partial charge is 0.273 e. The van der Waals surface area contributed by atoms with Crippen molar-refractivity contribution in [2.45, 2.75) is 63.6 Å². The highest BCUT2D eigenvalue weighted by molar-refractivity contribution is 7.89. The number of nitrogens with one attached hydrogen (secondary N) is 2. The van der Waals surface area contributed by atoms with E-state index < -0.39 is 10.0 Å². The molecule has 6 heteroatoms. The summed E-state index contributed by atoms with van der Waals surface area (Å²) >= 11 is 0. The first-order valence-corrected chi connectivity index (χ1v) is 8.73. The molecule has 0 bridgehead atoms. The van der Waals surface area contributed by atoms with Gasteiger partial charge in [0.2, 0.25) is 5.09 Å². The molecular formula is C14H26N2O3S. The minimum atomic E-state index is -3.48. The van der Waals surface area contributed by atoms with Crippen molar-refractivity contribution in [2.24, 2.45) is 0 Å². The molecule has 5 nitrogen and oxygen atoms in total. The Kier molecular flexibility index (Phi) is 7.26. The van der Waals surface area contributed by atoms with E-state index in [0.29, 0.717) is 18.3 Å². The van der Waals surface area contributed by atoms with E-state index in [2.05, 4.69) is 23.9 Å². The highest BCUT2D eigenvalue weighted by Gasteiger charge is 2.16. The highest BCUT2D eigenvalue weighted by Crippen LogP contribution is 2.13. The van der Waals surface area contributed by atoms with E-state index in [-0.39, 0.29) is 5.09 Å². The highest BCUT2D eigenvalue weighted by atomic mass is 32.2. The van der Waals surface area contributed by atoms with Crippen LogP contribution >= 0.6 is 0 Å². The van der Waals surface area contributed by atoms with Crippen molar-refractivity contribution < 1.29 is 12.8 Å². The fraction of sp³-hybridized carbons (Fsp3) is 0.714. The van der Waals surface area contributed by atoms with Gasteiger partial charge in [-0.1, -0.05) is 32.6 Å². The molecule has 1 atom stereocenters. The maximum absolute atomic E-state index is 11.5. The largest absolute Gasteiger partial charge is 0.447 e. The van der Waals surface area contributed by atoms with Gasteiger partial charge in [0.25, 0.3) is 10.0 Å². The third-order valence-corrected chi connectivity index (χ3v) is 4.57. The van der Waals surface area contributed by atoms with Crippen LogP contribution in [0.2, 0.25) is 0 Å². The molecule has 0 radical (unpaired) electrons. The number of unbranched alkanes of at least 4 members (excludes halogenated alkanes) is 3. The van der Waals surface area contributed by atoms with E-state index in [1.807, 2.05) is 0 Å². The predicted octanol–water partition coefficient (Wildman–Crippen LogP) is 2.64. The molecule has 1 aromatic heterocycles. The van der Waals surface area contributed by atoms with Crippen LogP contribution in [-0.4, -0.2) is 21.5 Å². The normalized spacial score (nSPS) is 13.6. The van der Waals surface area contributed by atoms with Gasteiger partial charge in [-0.05, 0) is 32.5 Å². The molecule has 0 fully saturated rings. The van der Waals surface area contributed by atoms with E-state index in [1.165, 1.54) is 38.8 Å². The Balaban J connectivity index is 2.35. The Labute approximate surface area is 122 Å². The molecule has 1 heterocycles. The molecule has 0 aliphatic heterocycles. The van der Waals surface area contributed by atoms with E-state index in [4.69, 9.17) is 4.42 Å². The minimum Gasteiger partial charge on any atom is -0.447 e. The van der Waals surface area contributed by atoms with Gasteiger partial charge in [0.05, 0.1) is 6.54 Å². The lowest BCUT2D eigenvalue weighted by Crippen LogP contribution is -2.25. The SMILES string of the molecule is CCCCCCC(C)NCc1ccc(S(=O)(=O)NC)o1. The molecule has 0 aromatic carbocycles. The summed E-state index contributed by atoms with van der Waals surface area (Å²) in [6.07, 6.45) is 6.16. The summed E-state index contributed by atoms with van der Waals surface area (Å²) in [6.45, 7) is 4.89. The van der Waals surface area contributed by atoms with Gasteiger partial charge in [-0.15, -0.1) is 0 Å². The predicted molar refractivity (Wildman–Crippen MR) is 80.0 cm³/mol. The third-order valence-electron chi connectivity index (χ3n) is 3.29. The van der Waals surface area contributed by atoms with Gasteiger partial charge in [-0.2, -0.15) is 0 Å². The molecule has 1 rings (SSSR count). The summed E-state index contributed by atoms with van der Waals surface area (Å²) < 4.78 is 30.6. The van der Waals surface area contributed by atoms with Crippen LogP contribution in [0.1, 0.15) is 51.7 Å². The van der Waals surface area contributed by atoms with Crippen molar-refractivity contribution in [1.82, 2.24) is 10.0 Å². The van der Waals surface area contributed by atoms with Crippen LogP contribution in [0.4, 0.5) is 0 Å². The van der Waals surface area contributed by atoms with E-state index in [9.17, 15) is 8.42 Å². The summed E-state index contributed by atoms with van der Waals surface area (Å²) in [5.41, 5.74) is 0. The lowest BCUT2D eigenvalue weighted by atomic mass is 10.1. The standard InChI is InChI=1S/C14H26N2O3S/c1-4-5-6-7-8-12(2)16-11-13-9-10-14(19-13)20(17,18)15-3/h9-10,12,15-16H,4-8,11H2,1-3H3. The van der Waals surface area contributed by atoms with Crippen LogP contribution in [0.15, 0.2) is 21.6 Å². The van der Waals surface area contributed by atoms with Crippen LogP contribution < -0.4 is 10.0 Å².